The molecule has 1 aliphatic heterocycles. The molecule has 0 unspecified atom stereocenters. The van der Waals surface area contributed by atoms with E-state index in [1.165, 1.54) is 12.3 Å². The van der Waals surface area contributed by atoms with Crippen molar-refractivity contribution in [1.82, 2.24) is 10.2 Å². The second-order valence-electron chi connectivity index (χ2n) is 7.18. The van der Waals surface area contributed by atoms with Crippen LogP contribution in [0.2, 0.25) is 0 Å². The number of fused-ring (bicyclic) bond motifs is 1. The van der Waals surface area contributed by atoms with Gasteiger partial charge in [-0.05, 0) is 42.0 Å². The maximum atomic E-state index is 12.1. The maximum absolute atomic E-state index is 12.1. The maximum Gasteiger partial charge on any atom is 0.379 e. The highest BCUT2D eigenvalue weighted by Gasteiger charge is 2.35. The quantitative estimate of drug-likeness (QED) is 0.301. The molecule has 0 amide bonds. The number of nitriles is 1. The third-order valence-corrected chi connectivity index (χ3v) is 5.75. The lowest BCUT2D eigenvalue weighted by atomic mass is 9.83. The summed E-state index contributed by atoms with van der Waals surface area (Å²) in [6.45, 7) is 0. The molecule has 2 aromatic heterocycles. The number of esters is 1. The minimum absolute atomic E-state index is 0.00261. The number of halogens is 1. The molecule has 0 bridgehead atoms. The minimum atomic E-state index is -0.602. The zero-order valence-electron chi connectivity index (χ0n) is 16.9. The number of furan rings is 1. The van der Waals surface area contributed by atoms with Gasteiger partial charge in [0.25, 0.3) is 0 Å². The van der Waals surface area contributed by atoms with Crippen LogP contribution in [0.25, 0.3) is 11.3 Å². The summed E-state index contributed by atoms with van der Waals surface area (Å²) in [6, 6.07) is 19.8. The second-order valence-corrected chi connectivity index (χ2v) is 8.10. The van der Waals surface area contributed by atoms with Crippen molar-refractivity contribution in [3.05, 3.63) is 99.7 Å². The summed E-state index contributed by atoms with van der Waals surface area (Å²) in [6.07, 6.45) is 1.40. The number of nitrogens with one attached hydrogen (secondary N) is 1. The number of carbonyl (C=O) groups is 1. The van der Waals surface area contributed by atoms with Crippen LogP contribution in [0, 0.1) is 11.3 Å². The van der Waals surface area contributed by atoms with Crippen molar-refractivity contribution in [2.24, 2.45) is 5.73 Å². The Morgan fingerprint density at radius 3 is 2.58 bits per heavy atom. The zero-order chi connectivity index (χ0) is 22.9. The molecule has 0 saturated carbocycles. The normalized spacial score (nSPS) is 14.8. The van der Waals surface area contributed by atoms with Crippen LogP contribution in [0.15, 0.2) is 87.3 Å². The van der Waals surface area contributed by atoms with E-state index in [0.717, 1.165) is 21.3 Å². The first-order valence-electron chi connectivity index (χ1n) is 9.82. The number of aromatic nitrogens is 2. The first-order chi connectivity index (χ1) is 16.0. The summed E-state index contributed by atoms with van der Waals surface area (Å²) < 4.78 is 17.0. The van der Waals surface area contributed by atoms with Gasteiger partial charge in [0.1, 0.15) is 17.4 Å². The zero-order valence-corrected chi connectivity index (χ0v) is 18.5. The molecule has 4 aromatic rings. The number of hydrogen-bond donors (Lipinski definition) is 2. The number of hydrogen-bond acceptors (Lipinski definition) is 7. The summed E-state index contributed by atoms with van der Waals surface area (Å²) in [4.78, 5) is 12.1. The average Bonchev–Trinajstić information content (AvgIpc) is 3.50. The van der Waals surface area contributed by atoms with Crippen molar-refractivity contribution >= 4 is 21.9 Å². The van der Waals surface area contributed by atoms with Crippen molar-refractivity contribution in [3.8, 4) is 29.0 Å². The Kier molecular flexibility index (Phi) is 5.20. The Labute approximate surface area is 196 Å². The Hall–Kier alpha value is -4.29. The standard InChI is InChI=1S/C24H15BrN4O4/c25-15-7-3-14(4-8-15)21-20-19(17(12-26)22(27)33-23(20)29-28-21)13-5-9-16(10-6-13)32-24(30)18-2-1-11-31-18/h1-11,19H,27H2,(H,28,29)/t19-/m1/s1. The fraction of sp³-hybridized carbons (Fsp3) is 0.0417. The number of aromatic amines is 1. The summed E-state index contributed by atoms with van der Waals surface area (Å²) in [7, 11) is 0. The molecule has 0 aliphatic carbocycles. The lowest BCUT2D eigenvalue weighted by Gasteiger charge is -2.24. The first kappa shape index (κ1) is 20.6. The summed E-state index contributed by atoms with van der Waals surface area (Å²) in [5, 5.41) is 17.1. The number of benzene rings is 2. The molecule has 2 aromatic carbocycles. The largest absolute Gasteiger partial charge is 0.457 e. The van der Waals surface area contributed by atoms with Gasteiger partial charge < -0.3 is 19.6 Å². The highest BCUT2D eigenvalue weighted by molar-refractivity contribution is 9.10. The van der Waals surface area contributed by atoms with Crippen LogP contribution < -0.4 is 15.2 Å². The van der Waals surface area contributed by atoms with Crippen LogP contribution in [0.1, 0.15) is 27.6 Å². The van der Waals surface area contributed by atoms with E-state index in [2.05, 4.69) is 32.2 Å². The van der Waals surface area contributed by atoms with E-state index >= 15 is 0 Å². The van der Waals surface area contributed by atoms with E-state index in [1.54, 1.807) is 30.3 Å². The van der Waals surface area contributed by atoms with Crippen LogP contribution in [0.4, 0.5) is 0 Å². The Bertz CT molecular complexity index is 1400. The molecule has 8 nitrogen and oxygen atoms in total. The minimum Gasteiger partial charge on any atom is -0.457 e. The van der Waals surface area contributed by atoms with Gasteiger partial charge in [-0.2, -0.15) is 5.26 Å². The number of nitrogens with zero attached hydrogens (tertiary/aromatic N) is 2. The van der Waals surface area contributed by atoms with Crippen LogP contribution in [-0.4, -0.2) is 16.2 Å². The highest BCUT2D eigenvalue weighted by Crippen LogP contribution is 2.45. The number of H-pyrrole nitrogens is 1. The molecule has 3 N–H and O–H groups in total. The number of allylic oxidation sites excluding steroid dienone is 1. The van der Waals surface area contributed by atoms with Crippen molar-refractivity contribution in [3.63, 3.8) is 0 Å². The molecule has 0 radical (unpaired) electrons. The van der Waals surface area contributed by atoms with Gasteiger partial charge in [-0.15, -0.1) is 5.10 Å². The van der Waals surface area contributed by atoms with E-state index < -0.39 is 11.9 Å². The molecule has 33 heavy (non-hydrogen) atoms. The number of rotatable bonds is 4. The SMILES string of the molecule is N#CC1=C(N)Oc2n[nH]c(-c3ccc(Br)cc3)c2[C@@H]1c1ccc(OC(=O)c2ccco2)cc1. The number of carbonyl (C=O) groups excluding carboxylic acids is 1. The smallest absolute Gasteiger partial charge is 0.379 e. The Balaban J connectivity index is 1.53. The first-order valence-corrected chi connectivity index (χ1v) is 10.6. The monoisotopic (exact) mass is 502 g/mol. The molecule has 9 heteroatoms. The molecular formula is C24H15BrN4O4. The number of nitrogens with two attached hydrogens (primary N) is 1. The predicted molar refractivity (Wildman–Crippen MR) is 121 cm³/mol. The van der Waals surface area contributed by atoms with Crippen LogP contribution in [-0.2, 0) is 0 Å². The summed E-state index contributed by atoms with van der Waals surface area (Å²) in [5.41, 5.74) is 9.37. The fourth-order valence-corrected chi connectivity index (χ4v) is 3.96. The molecule has 0 spiro atoms. The van der Waals surface area contributed by atoms with Gasteiger partial charge in [0.05, 0.1) is 23.4 Å². The third-order valence-electron chi connectivity index (χ3n) is 5.22. The van der Waals surface area contributed by atoms with Gasteiger partial charge >= 0.3 is 5.97 Å². The van der Waals surface area contributed by atoms with Crippen molar-refractivity contribution in [1.29, 1.82) is 5.26 Å². The van der Waals surface area contributed by atoms with E-state index in [0.29, 0.717) is 17.2 Å². The summed E-state index contributed by atoms with van der Waals surface area (Å²) in [5.74, 6) is -0.377. The molecule has 1 aliphatic rings. The lowest BCUT2D eigenvalue weighted by molar-refractivity contribution is 0.0701. The van der Waals surface area contributed by atoms with E-state index in [-0.39, 0.29) is 17.2 Å². The molecule has 3 heterocycles. The molecule has 162 valence electrons. The average molecular weight is 503 g/mol. The molecular weight excluding hydrogens is 488 g/mol. The molecule has 5 rings (SSSR count). The van der Waals surface area contributed by atoms with Crippen molar-refractivity contribution in [2.45, 2.75) is 5.92 Å². The van der Waals surface area contributed by atoms with Gasteiger partial charge in [0.2, 0.25) is 17.5 Å². The van der Waals surface area contributed by atoms with Gasteiger partial charge in [-0.3, -0.25) is 5.10 Å². The molecule has 0 saturated heterocycles. The van der Waals surface area contributed by atoms with Crippen LogP contribution in [0.5, 0.6) is 11.6 Å². The predicted octanol–water partition coefficient (Wildman–Crippen LogP) is 4.87. The van der Waals surface area contributed by atoms with Gasteiger partial charge in [-0.1, -0.05) is 40.2 Å². The topological polar surface area (TPSA) is 127 Å². The Morgan fingerprint density at radius 2 is 1.91 bits per heavy atom. The molecule has 0 fully saturated rings. The van der Waals surface area contributed by atoms with Crippen LogP contribution >= 0.6 is 15.9 Å². The van der Waals surface area contributed by atoms with Crippen molar-refractivity contribution in [2.75, 3.05) is 0 Å². The third kappa shape index (κ3) is 3.77. The fourth-order valence-electron chi connectivity index (χ4n) is 3.70. The van der Waals surface area contributed by atoms with Gasteiger partial charge in [0, 0.05) is 10.0 Å². The number of ether oxygens (including phenoxy) is 2. The van der Waals surface area contributed by atoms with E-state index in [4.69, 9.17) is 19.6 Å². The van der Waals surface area contributed by atoms with E-state index in [9.17, 15) is 10.1 Å². The van der Waals surface area contributed by atoms with Gasteiger partial charge in [0.15, 0.2) is 0 Å². The lowest BCUT2D eigenvalue weighted by Crippen LogP contribution is -2.21. The summed E-state index contributed by atoms with van der Waals surface area (Å²) >= 11 is 3.44. The van der Waals surface area contributed by atoms with Gasteiger partial charge in [-0.25, -0.2) is 4.79 Å². The van der Waals surface area contributed by atoms with Crippen molar-refractivity contribution < 1.29 is 18.7 Å². The Morgan fingerprint density at radius 1 is 1.15 bits per heavy atom. The van der Waals surface area contributed by atoms with E-state index in [1.807, 2.05) is 24.3 Å². The highest BCUT2D eigenvalue weighted by atomic mass is 79.9. The molecule has 1 atom stereocenters. The van der Waals surface area contributed by atoms with Crippen LogP contribution in [0.3, 0.4) is 0 Å². The second kappa shape index (κ2) is 8.33.